The van der Waals surface area contributed by atoms with Crippen molar-refractivity contribution in [3.8, 4) is 11.1 Å². The second kappa shape index (κ2) is 6.83. The van der Waals surface area contributed by atoms with E-state index in [1.165, 1.54) is 0 Å². The van der Waals surface area contributed by atoms with E-state index in [-0.39, 0.29) is 6.04 Å². The number of benzene rings is 1. The van der Waals surface area contributed by atoms with Crippen LogP contribution < -0.4 is 5.32 Å². The van der Waals surface area contributed by atoms with Crippen LogP contribution in [0.2, 0.25) is 0 Å². The fourth-order valence-corrected chi connectivity index (χ4v) is 3.26. The van der Waals surface area contributed by atoms with Gasteiger partial charge in [-0.2, -0.15) is 14.6 Å². The lowest BCUT2D eigenvalue weighted by Crippen LogP contribution is -2.14. The Kier molecular flexibility index (Phi) is 4.35. The molecule has 27 heavy (non-hydrogen) atoms. The zero-order valence-corrected chi connectivity index (χ0v) is 15.9. The average molecular weight is 362 g/mol. The van der Waals surface area contributed by atoms with Gasteiger partial charge in [0, 0.05) is 17.3 Å². The van der Waals surface area contributed by atoms with Gasteiger partial charge in [-0.15, -0.1) is 0 Å². The summed E-state index contributed by atoms with van der Waals surface area (Å²) >= 11 is 0. The molecule has 0 aliphatic carbocycles. The molecule has 3 aromatic heterocycles. The van der Waals surface area contributed by atoms with E-state index in [1.807, 2.05) is 49.6 Å². The maximum absolute atomic E-state index is 5.36. The molecule has 3 heterocycles. The number of aromatic nitrogens is 5. The van der Waals surface area contributed by atoms with Crippen LogP contribution >= 0.6 is 0 Å². The van der Waals surface area contributed by atoms with Crippen molar-refractivity contribution in [3.05, 3.63) is 59.5 Å². The van der Waals surface area contributed by atoms with E-state index in [0.29, 0.717) is 11.7 Å². The van der Waals surface area contributed by atoms with Crippen LogP contribution in [0.25, 0.3) is 16.8 Å². The molecule has 0 saturated carbocycles. The van der Waals surface area contributed by atoms with Crippen molar-refractivity contribution < 1.29 is 4.52 Å². The lowest BCUT2D eigenvalue weighted by molar-refractivity contribution is 0.356. The third-order valence-electron chi connectivity index (χ3n) is 4.53. The quantitative estimate of drug-likeness (QED) is 0.571. The molecule has 138 valence electrons. The highest BCUT2D eigenvalue weighted by Gasteiger charge is 2.20. The smallest absolute Gasteiger partial charge is 0.249 e. The summed E-state index contributed by atoms with van der Waals surface area (Å²) in [6.07, 6.45) is 0.802. The minimum atomic E-state index is -0.0964. The van der Waals surface area contributed by atoms with E-state index in [9.17, 15) is 0 Å². The van der Waals surface area contributed by atoms with Crippen molar-refractivity contribution in [2.45, 2.75) is 40.2 Å². The number of aryl methyl sites for hydroxylation is 3. The van der Waals surface area contributed by atoms with Crippen LogP contribution in [0.4, 0.5) is 5.82 Å². The number of nitrogens with one attached hydrogen (secondary N) is 1. The van der Waals surface area contributed by atoms with Gasteiger partial charge in [0.2, 0.25) is 5.89 Å². The molecule has 0 amide bonds. The maximum atomic E-state index is 5.36. The summed E-state index contributed by atoms with van der Waals surface area (Å²) in [5.74, 6) is 2.05. The van der Waals surface area contributed by atoms with Crippen molar-refractivity contribution in [2.24, 2.45) is 0 Å². The van der Waals surface area contributed by atoms with E-state index in [0.717, 1.165) is 40.4 Å². The first kappa shape index (κ1) is 17.2. The maximum Gasteiger partial charge on any atom is 0.249 e. The van der Waals surface area contributed by atoms with E-state index in [4.69, 9.17) is 14.6 Å². The Balaban J connectivity index is 1.82. The first-order valence-corrected chi connectivity index (χ1v) is 9.06. The molecule has 1 unspecified atom stereocenters. The van der Waals surface area contributed by atoms with Gasteiger partial charge >= 0.3 is 0 Å². The summed E-state index contributed by atoms with van der Waals surface area (Å²) in [5.41, 5.74) is 4.83. The highest BCUT2D eigenvalue weighted by atomic mass is 16.5. The molecule has 7 nitrogen and oxygen atoms in total. The van der Waals surface area contributed by atoms with Gasteiger partial charge in [-0.05, 0) is 32.8 Å². The van der Waals surface area contributed by atoms with E-state index in [2.05, 4.69) is 34.5 Å². The fourth-order valence-electron chi connectivity index (χ4n) is 3.26. The van der Waals surface area contributed by atoms with Crippen LogP contribution in [-0.2, 0) is 0 Å². The third kappa shape index (κ3) is 3.16. The zero-order chi connectivity index (χ0) is 19.0. The van der Waals surface area contributed by atoms with E-state index >= 15 is 0 Å². The van der Waals surface area contributed by atoms with E-state index < -0.39 is 0 Å². The molecular weight excluding hydrogens is 340 g/mol. The Morgan fingerprint density at radius 3 is 2.56 bits per heavy atom. The van der Waals surface area contributed by atoms with Crippen LogP contribution in [0.1, 0.15) is 42.5 Å². The number of hydrogen-bond donors (Lipinski definition) is 1. The van der Waals surface area contributed by atoms with Crippen molar-refractivity contribution in [2.75, 3.05) is 5.32 Å². The molecule has 4 rings (SSSR count). The predicted molar refractivity (Wildman–Crippen MR) is 104 cm³/mol. The predicted octanol–water partition coefficient (Wildman–Crippen LogP) is 4.27. The molecule has 4 aromatic rings. The summed E-state index contributed by atoms with van der Waals surface area (Å²) in [5, 5.41) is 12.1. The molecule has 0 aliphatic heterocycles. The summed E-state index contributed by atoms with van der Waals surface area (Å²) in [4.78, 5) is 9.12. The summed E-state index contributed by atoms with van der Waals surface area (Å²) in [6, 6.07) is 12.1. The normalized spacial score (nSPS) is 12.4. The Labute approximate surface area is 157 Å². The second-order valence-electron chi connectivity index (χ2n) is 6.63. The van der Waals surface area contributed by atoms with Gasteiger partial charge in [-0.1, -0.05) is 42.4 Å². The Bertz CT molecular complexity index is 1080. The van der Waals surface area contributed by atoms with Gasteiger partial charge < -0.3 is 9.84 Å². The SMILES string of the molecule is CCC(Nc1cc(C)nc2c(-c3ccccc3)c(C)nn12)c1nc(C)no1. The molecule has 0 aliphatic rings. The van der Waals surface area contributed by atoms with Crippen molar-refractivity contribution in [1.82, 2.24) is 24.7 Å². The molecule has 0 fully saturated rings. The van der Waals surface area contributed by atoms with Crippen molar-refractivity contribution >= 4 is 11.5 Å². The number of anilines is 1. The van der Waals surface area contributed by atoms with Crippen LogP contribution in [0.15, 0.2) is 40.9 Å². The van der Waals surface area contributed by atoms with Crippen LogP contribution in [0, 0.1) is 20.8 Å². The van der Waals surface area contributed by atoms with Gasteiger partial charge in [0.05, 0.1) is 5.69 Å². The average Bonchev–Trinajstić information content (AvgIpc) is 3.23. The molecular formula is C20H22N6O. The van der Waals surface area contributed by atoms with Gasteiger partial charge in [-0.25, -0.2) is 4.98 Å². The number of rotatable bonds is 5. The van der Waals surface area contributed by atoms with Gasteiger partial charge in [0.15, 0.2) is 11.5 Å². The number of hydrogen-bond acceptors (Lipinski definition) is 6. The topological polar surface area (TPSA) is 81.1 Å². The zero-order valence-electron chi connectivity index (χ0n) is 15.9. The van der Waals surface area contributed by atoms with Crippen LogP contribution in [-0.4, -0.2) is 24.7 Å². The lowest BCUT2D eigenvalue weighted by Gasteiger charge is -2.15. The molecule has 0 bridgehead atoms. The number of nitrogens with zero attached hydrogens (tertiary/aromatic N) is 5. The molecule has 7 heteroatoms. The van der Waals surface area contributed by atoms with Gasteiger partial charge in [0.25, 0.3) is 0 Å². The Morgan fingerprint density at radius 2 is 1.89 bits per heavy atom. The van der Waals surface area contributed by atoms with Crippen molar-refractivity contribution in [3.63, 3.8) is 0 Å². The fraction of sp³-hybridized carbons (Fsp3) is 0.300. The van der Waals surface area contributed by atoms with Crippen molar-refractivity contribution in [1.29, 1.82) is 0 Å². The monoisotopic (exact) mass is 362 g/mol. The molecule has 0 saturated heterocycles. The van der Waals surface area contributed by atoms with E-state index in [1.54, 1.807) is 0 Å². The molecule has 1 aromatic carbocycles. The summed E-state index contributed by atoms with van der Waals surface area (Å²) in [6.45, 7) is 7.89. The highest BCUT2D eigenvalue weighted by Crippen LogP contribution is 2.30. The molecule has 0 radical (unpaired) electrons. The number of fused-ring (bicyclic) bond motifs is 1. The minimum Gasteiger partial charge on any atom is -0.358 e. The first-order valence-electron chi connectivity index (χ1n) is 9.06. The second-order valence-corrected chi connectivity index (χ2v) is 6.63. The summed E-state index contributed by atoms with van der Waals surface area (Å²) < 4.78 is 7.22. The molecule has 0 spiro atoms. The lowest BCUT2D eigenvalue weighted by atomic mass is 10.1. The molecule has 1 atom stereocenters. The third-order valence-corrected chi connectivity index (χ3v) is 4.53. The molecule has 1 N–H and O–H groups in total. The van der Waals surface area contributed by atoms with Crippen LogP contribution in [0.3, 0.4) is 0 Å². The highest BCUT2D eigenvalue weighted by molar-refractivity contribution is 5.80. The minimum absolute atomic E-state index is 0.0964. The first-order chi connectivity index (χ1) is 13.1. The Morgan fingerprint density at radius 1 is 1.11 bits per heavy atom. The van der Waals surface area contributed by atoms with Crippen LogP contribution in [0.5, 0.6) is 0 Å². The standard InChI is InChI=1S/C20H22N6O/c1-5-16(20-22-14(4)25-27-20)23-17-11-12(2)21-19-18(13(3)24-26(17)19)15-9-7-6-8-10-15/h6-11,16,23H,5H2,1-4H3. The van der Waals surface area contributed by atoms with Gasteiger partial charge in [-0.3, -0.25) is 0 Å². The Hall–Kier alpha value is -3.22. The summed E-state index contributed by atoms with van der Waals surface area (Å²) in [7, 11) is 0. The largest absolute Gasteiger partial charge is 0.358 e. The van der Waals surface area contributed by atoms with Gasteiger partial charge in [0.1, 0.15) is 11.9 Å².